The molecule has 0 radical (unpaired) electrons. The van der Waals surface area contributed by atoms with Crippen LogP contribution in [-0.4, -0.2) is 44.0 Å². The molecule has 0 spiro atoms. The molecule has 1 amide bonds. The van der Waals surface area contributed by atoms with Crippen LogP contribution in [0.25, 0.3) is 0 Å². The lowest BCUT2D eigenvalue weighted by Gasteiger charge is -2.22. The number of carbonyl (C=O) groups excluding carboxylic acids is 1. The van der Waals surface area contributed by atoms with Gasteiger partial charge in [-0.2, -0.15) is 4.31 Å². The lowest BCUT2D eigenvalue weighted by atomic mass is 10.1. The van der Waals surface area contributed by atoms with E-state index in [4.69, 9.17) is 0 Å². The summed E-state index contributed by atoms with van der Waals surface area (Å²) in [6, 6.07) is 10.2. The van der Waals surface area contributed by atoms with Gasteiger partial charge in [0.1, 0.15) is 0 Å². The van der Waals surface area contributed by atoms with E-state index in [9.17, 15) is 13.2 Å². The Kier molecular flexibility index (Phi) is 7.90. The predicted molar refractivity (Wildman–Crippen MR) is 101 cm³/mol. The van der Waals surface area contributed by atoms with Gasteiger partial charge >= 0.3 is 0 Å². The monoisotopic (exact) mass is 366 g/mol. The number of nitrogens with zero attached hydrogens (tertiary/aromatic N) is 1. The lowest BCUT2D eigenvalue weighted by Crippen LogP contribution is -2.44. The summed E-state index contributed by atoms with van der Waals surface area (Å²) in [5.74, 6) is -0.183. The third-order valence-corrected chi connectivity index (χ3v) is 5.97. The third kappa shape index (κ3) is 7.57. The van der Waals surface area contributed by atoms with E-state index in [1.54, 1.807) is 0 Å². The molecule has 1 N–H and O–H groups in total. The van der Waals surface area contributed by atoms with Gasteiger partial charge in [0.2, 0.25) is 15.9 Å². The first-order chi connectivity index (χ1) is 11.9. The molecule has 0 heterocycles. The number of nitrogens with one attached hydrogen (secondary N) is 1. The molecule has 0 aromatic heterocycles. The summed E-state index contributed by atoms with van der Waals surface area (Å²) in [6.07, 6.45) is 9.40. The highest BCUT2D eigenvalue weighted by molar-refractivity contribution is 7.88. The fourth-order valence-electron chi connectivity index (χ4n) is 3.32. The van der Waals surface area contributed by atoms with Gasteiger partial charge in [-0.25, -0.2) is 8.42 Å². The van der Waals surface area contributed by atoms with E-state index < -0.39 is 10.0 Å². The van der Waals surface area contributed by atoms with Crippen molar-refractivity contribution >= 4 is 15.9 Å². The molecular weight excluding hydrogens is 336 g/mol. The largest absolute Gasteiger partial charge is 0.352 e. The van der Waals surface area contributed by atoms with Crippen molar-refractivity contribution in [2.75, 3.05) is 19.3 Å². The van der Waals surface area contributed by atoms with Crippen LogP contribution in [0.15, 0.2) is 30.3 Å². The summed E-state index contributed by atoms with van der Waals surface area (Å²) in [6.45, 7) is 0.288. The fraction of sp³-hybridized carbons (Fsp3) is 0.632. The van der Waals surface area contributed by atoms with Crippen LogP contribution in [-0.2, 0) is 21.2 Å². The summed E-state index contributed by atoms with van der Waals surface area (Å²) >= 11 is 0. The highest BCUT2D eigenvalue weighted by Crippen LogP contribution is 2.17. The normalized spacial score (nSPS) is 16.6. The molecule has 0 saturated heterocycles. The minimum atomic E-state index is -3.39. The highest BCUT2D eigenvalue weighted by Gasteiger charge is 2.22. The second kappa shape index (κ2) is 9.92. The van der Waals surface area contributed by atoms with Crippen molar-refractivity contribution in [3.63, 3.8) is 0 Å². The summed E-state index contributed by atoms with van der Waals surface area (Å²) in [4.78, 5) is 12.3. The Balaban J connectivity index is 1.83. The maximum Gasteiger partial charge on any atom is 0.235 e. The number of benzene rings is 1. The molecule has 1 aliphatic rings. The van der Waals surface area contributed by atoms with Crippen LogP contribution >= 0.6 is 0 Å². The molecule has 1 aromatic rings. The molecular formula is C19H30N2O3S. The van der Waals surface area contributed by atoms with Crippen molar-refractivity contribution in [2.24, 2.45) is 0 Å². The predicted octanol–water partition coefficient (Wildman–Crippen LogP) is 2.72. The Bertz CT molecular complexity index is 623. The van der Waals surface area contributed by atoms with Crippen molar-refractivity contribution < 1.29 is 13.2 Å². The zero-order valence-corrected chi connectivity index (χ0v) is 15.9. The molecule has 25 heavy (non-hydrogen) atoms. The molecule has 0 atom stereocenters. The average Bonchev–Trinajstić information content (AvgIpc) is 2.82. The topological polar surface area (TPSA) is 66.5 Å². The maximum atomic E-state index is 12.3. The van der Waals surface area contributed by atoms with E-state index in [2.05, 4.69) is 5.32 Å². The second-order valence-electron chi connectivity index (χ2n) is 6.94. The standard InChI is InChI=1S/C19H30N2O3S/c1-25(23,24)21(15-9-12-17-10-5-4-6-11-17)16-19(22)20-18-13-7-2-3-8-14-18/h4-6,10-11,18H,2-3,7-9,12-16H2,1H3,(H,20,22). The number of hydrogen-bond donors (Lipinski definition) is 1. The molecule has 140 valence electrons. The van der Waals surface area contributed by atoms with Crippen molar-refractivity contribution in [1.29, 1.82) is 0 Å². The molecule has 0 bridgehead atoms. The van der Waals surface area contributed by atoms with Crippen LogP contribution in [0.2, 0.25) is 0 Å². The van der Waals surface area contributed by atoms with Crippen molar-refractivity contribution in [2.45, 2.75) is 57.4 Å². The Hall–Kier alpha value is -1.40. The van der Waals surface area contributed by atoms with Gasteiger partial charge in [0.05, 0.1) is 12.8 Å². The van der Waals surface area contributed by atoms with Crippen LogP contribution in [0.3, 0.4) is 0 Å². The molecule has 1 aromatic carbocycles. The summed E-state index contributed by atoms with van der Waals surface area (Å²) < 4.78 is 25.3. The molecule has 2 rings (SSSR count). The number of rotatable bonds is 8. The molecule has 0 aliphatic heterocycles. The van der Waals surface area contributed by atoms with Gasteiger partial charge in [0.15, 0.2) is 0 Å². The highest BCUT2D eigenvalue weighted by atomic mass is 32.2. The second-order valence-corrected chi connectivity index (χ2v) is 8.92. The molecule has 6 heteroatoms. The van der Waals surface area contributed by atoms with E-state index in [1.165, 1.54) is 29.0 Å². The van der Waals surface area contributed by atoms with E-state index in [1.807, 2.05) is 30.3 Å². The molecule has 1 fully saturated rings. The zero-order chi connectivity index (χ0) is 18.1. The van der Waals surface area contributed by atoms with E-state index in [0.29, 0.717) is 13.0 Å². The average molecular weight is 367 g/mol. The molecule has 0 unspecified atom stereocenters. The Labute approximate surface area is 151 Å². The van der Waals surface area contributed by atoms with Gasteiger partial charge in [-0.15, -0.1) is 0 Å². The number of hydrogen-bond acceptors (Lipinski definition) is 3. The molecule has 1 aliphatic carbocycles. The molecule has 5 nitrogen and oxygen atoms in total. The van der Waals surface area contributed by atoms with Crippen LogP contribution in [0.1, 0.15) is 50.5 Å². The SMILES string of the molecule is CS(=O)(=O)N(CCCc1ccccc1)CC(=O)NC1CCCCCC1. The van der Waals surface area contributed by atoms with Gasteiger partial charge in [0, 0.05) is 12.6 Å². The third-order valence-electron chi connectivity index (χ3n) is 4.73. The van der Waals surface area contributed by atoms with Crippen LogP contribution in [0.4, 0.5) is 0 Å². The fourth-order valence-corrected chi connectivity index (χ4v) is 4.14. The number of carbonyl (C=O) groups is 1. The van der Waals surface area contributed by atoms with Crippen LogP contribution < -0.4 is 5.32 Å². The van der Waals surface area contributed by atoms with Gasteiger partial charge in [-0.05, 0) is 31.2 Å². The zero-order valence-electron chi connectivity index (χ0n) is 15.1. The minimum Gasteiger partial charge on any atom is -0.352 e. The summed E-state index contributed by atoms with van der Waals surface area (Å²) in [5, 5.41) is 3.02. The first kappa shape index (κ1) is 19.9. The Morgan fingerprint density at radius 2 is 1.76 bits per heavy atom. The first-order valence-electron chi connectivity index (χ1n) is 9.23. The van der Waals surface area contributed by atoms with Gasteiger partial charge < -0.3 is 5.32 Å². The van der Waals surface area contributed by atoms with Crippen molar-refractivity contribution in [1.82, 2.24) is 9.62 Å². The smallest absolute Gasteiger partial charge is 0.235 e. The first-order valence-corrected chi connectivity index (χ1v) is 11.1. The van der Waals surface area contributed by atoms with Gasteiger partial charge in [0.25, 0.3) is 0 Å². The van der Waals surface area contributed by atoms with Crippen molar-refractivity contribution in [3.05, 3.63) is 35.9 Å². The maximum absolute atomic E-state index is 12.3. The number of sulfonamides is 1. The van der Waals surface area contributed by atoms with Gasteiger partial charge in [-0.1, -0.05) is 56.0 Å². The minimum absolute atomic E-state index is 0.0792. The van der Waals surface area contributed by atoms with Gasteiger partial charge in [-0.3, -0.25) is 4.79 Å². The van der Waals surface area contributed by atoms with Crippen LogP contribution in [0, 0.1) is 0 Å². The quantitative estimate of drug-likeness (QED) is 0.720. The lowest BCUT2D eigenvalue weighted by molar-refractivity contribution is -0.122. The Morgan fingerprint density at radius 1 is 1.12 bits per heavy atom. The molecule has 1 saturated carbocycles. The number of amides is 1. The van der Waals surface area contributed by atoms with E-state index in [-0.39, 0.29) is 18.5 Å². The Morgan fingerprint density at radius 3 is 2.36 bits per heavy atom. The van der Waals surface area contributed by atoms with E-state index >= 15 is 0 Å². The van der Waals surface area contributed by atoms with Crippen molar-refractivity contribution in [3.8, 4) is 0 Å². The summed E-state index contributed by atoms with van der Waals surface area (Å²) in [5.41, 5.74) is 1.18. The summed E-state index contributed by atoms with van der Waals surface area (Å²) in [7, 11) is -3.39. The van der Waals surface area contributed by atoms with E-state index in [0.717, 1.165) is 32.1 Å². The number of aryl methyl sites for hydroxylation is 1. The van der Waals surface area contributed by atoms with Crippen LogP contribution in [0.5, 0.6) is 0 Å².